The molecule has 0 saturated heterocycles. The van der Waals surface area contributed by atoms with E-state index in [0.29, 0.717) is 5.92 Å². The molecule has 3 aromatic rings. The van der Waals surface area contributed by atoms with Gasteiger partial charge in [0.25, 0.3) is 0 Å². The summed E-state index contributed by atoms with van der Waals surface area (Å²) in [5, 5.41) is 7.45. The molecule has 2 nitrogen and oxygen atoms in total. The maximum Gasteiger partial charge on any atom is 0.0859 e. The van der Waals surface area contributed by atoms with Gasteiger partial charge in [-0.1, -0.05) is 78.9 Å². The molecule has 0 aromatic heterocycles. The van der Waals surface area contributed by atoms with Crippen LogP contribution in [0.25, 0.3) is 6.08 Å². The Balaban J connectivity index is 1.59. The molecule has 0 amide bonds. The minimum absolute atomic E-state index is 0.262. The number of rotatable bonds is 3. The maximum atomic E-state index is 5.20. The molecule has 5 rings (SSSR count). The fourth-order valence-electron chi connectivity index (χ4n) is 4.53. The first kappa shape index (κ1) is 17.0. The highest BCUT2D eigenvalue weighted by Crippen LogP contribution is 2.46. The SMILES string of the molecule is C(=C1\CCC[C@H]2C1=NN(c1ccccc1)[C@H]2c1ccccc1)/c1ccccc1. The Morgan fingerprint density at radius 1 is 0.786 bits per heavy atom. The van der Waals surface area contributed by atoms with Crippen molar-refractivity contribution in [1.82, 2.24) is 0 Å². The van der Waals surface area contributed by atoms with Crippen LogP contribution in [0.2, 0.25) is 0 Å². The number of allylic oxidation sites excluding steroid dienone is 1. The summed E-state index contributed by atoms with van der Waals surface area (Å²) in [6.07, 6.45) is 5.85. The lowest BCUT2D eigenvalue weighted by Crippen LogP contribution is -2.28. The lowest BCUT2D eigenvalue weighted by atomic mass is 9.77. The highest BCUT2D eigenvalue weighted by molar-refractivity contribution is 6.08. The third kappa shape index (κ3) is 3.16. The van der Waals surface area contributed by atoms with Gasteiger partial charge in [0.1, 0.15) is 0 Å². The van der Waals surface area contributed by atoms with Crippen molar-refractivity contribution in [2.45, 2.75) is 25.3 Å². The molecular weight excluding hydrogens is 340 g/mol. The summed E-state index contributed by atoms with van der Waals surface area (Å²) in [5.74, 6) is 0.436. The summed E-state index contributed by atoms with van der Waals surface area (Å²) < 4.78 is 0. The molecule has 2 heteroatoms. The van der Waals surface area contributed by atoms with Crippen molar-refractivity contribution in [3.8, 4) is 0 Å². The summed E-state index contributed by atoms with van der Waals surface area (Å²) in [7, 11) is 0. The van der Waals surface area contributed by atoms with Gasteiger partial charge < -0.3 is 0 Å². The van der Waals surface area contributed by atoms with Crippen LogP contribution in [0.1, 0.15) is 36.4 Å². The van der Waals surface area contributed by atoms with Gasteiger partial charge in [-0.3, -0.25) is 5.01 Å². The van der Waals surface area contributed by atoms with E-state index in [2.05, 4.69) is 102 Å². The van der Waals surface area contributed by atoms with Gasteiger partial charge in [0.2, 0.25) is 0 Å². The molecule has 0 N–H and O–H groups in total. The van der Waals surface area contributed by atoms with E-state index in [0.717, 1.165) is 12.1 Å². The molecule has 28 heavy (non-hydrogen) atoms. The molecular formula is C26H24N2. The van der Waals surface area contributed by atoms with Crippen LogP contribution in [0, 0.1) is 5.92 Å². The molecule has 3 aromatic carbocycles. The van der Waals surface area contributed by atoms with Gasteiger partial charge in [-0.05, 0) is 54.2 Å². The monoisotopic (exact) mass is 364 g/mol. The van der Waals surface area contributed by atoms with E-state index in [1.165, 1.54) is 35.3 Å². The smallest absolute Gasteiger partial charge is 0.0859 e. The number of nitrogens with zero attached hydrogens (tertiary/aromatic N) is 2. The summed E-state index contributed by atoms with van der Waals surface area (Å²) in [4.78, 5) is 0. The van der Waals surface area contributed by atoms with Crippen LogP contribution in [0.3, 0.4) is 0 Å². The topological polar surface area (TPSA) is 15.6 Å². The number of benzene rings is 3. The van der Waals surface area contributed by atoms with E-state index in [4.69, 9.17) is 5.10 Å². The highest BCUT2D eigenvalue weighted by atomic mass is 15.5. The lowest BCUT2D eigenvalue weighted by molar-refractivity contribution is 0.488. The molecule has 1 fully saturated rings. The number of anilines is 1. The third-order valence-corrected chi connectivity index (χ3v) is 5.80. The molecule has 2 aliphatic rings. The third-order valence-electron chi connectivity index (χ3n) is 5.80. The number of para-hydroxylation sites is 1. The molecule has 2 atom stereocenters. The molecule has 0 radical (unpaired) electrons. The average Bonchev–Trinajstić information content (AvgIpc) is 3.16. The van der Waals surface area contributed by atoms with E-state index >= 15 is 0 Å². The average molecular weight is 364 g/mol. The van der Waals surface area contributed by atoms with Crippen LogP contribution < -0.4 is 5.01 Å². The first-order chi connectivity index (χ1) is 13.9. The van der Waals surface area contributed by atoms with Crippen LogP contribution in [0.5, 0.6) is 0 Å². The van der Waals surface area contributed by atoms with Gasteiger partial charge in [-0.15, -0.1) is 0 Å². The Kier molecular flexibility index (Phi) is 4.54. The van der Waals surface area contributed by atoms with Crippen molar-refractivity contribution in [3.63, 3.8) is 0 Å². The number of hydrogen-bond acceptors (Lipinski definition) is 2. The van der Waals surface area contributed by atoms with Crippen molar-refractivity contribution in [2.24, 2.45) is 11.0 Å². The second kappa shape index (κ2) is 7.47. The van der Waals surface area contributed by atoms with Gasteiger partial charge in [0.05, 0.1) is 17.4 Å². The molecule has 1 aliphatic carbocycles. The lowest BCUT2D eigenvalue weighted by Gasteiger charge is -2.30. The first-order valence-corrected chi connectivity index (χ1v) is 10.1. The fraction of sp³-hybridized carbons (Fsp3) is 0.192. The van der Waals surface area contributed by atoms with Gasteiger partial charge in [0.15, 0.2) is 0 Å². The van der Waals surface area contributed by atoms with Crippen LogP contribution in [0.15, 0.2) is 102 Å². The summed E-state index contributed by atoms with van der Waals surface area (Å²) in [5.41, 5.74) is 6.43. The quantitative estimate of drug-likeness (QED) is 0.519. The Bertz CT molecular complexity index is 990. The minimum atomic E-state index is 0.262. The summed E-state index contributed by atoms with van der Waals surface area (Å²) >= 11 is 0. The maximum absolute atomic E-state index is 5.20. The van der Waals surface area contributed by atoms with E-state index in [-0.39, 0.29) is 6.04 Å². The fourth-order valence-corrected chi connectivity index (χ4v) is 4.53. The minimum Gasteiger partial charge on any atom is -0.257 e. The van der Waals surface area contributed by atoms with E-state index in [1.807, 2.05) is 0 Å². The standard InChI is InChI=1S/C26H24N2/c1-4-11-20(12-5-1)19-22-15-10-18-24-25(22)27-28(23-16-8-3-9-17-23)26(24)21-13-6-2-7-14-21/h1-9,11-14,16-17,19,24,26H,10,15,18H2/b22-19-/t24-,26-/m0/s1. The van der Waals surface area contributed by atoms with Gasteiger partial charge in [0, 0.05) is 5.92 Å². The van der Waals surface area contributed by atoms with Crippen LogP contribution in [-0.2, 0) is 0 Å². The second-order valence-electron chi connectivity index (χ2n) is 7.60. The Morgan fingerprint density at radius 3 is 2.14 bits per heavy atom. The number of hydrazone groups is 1. The Hall–Kier alpha value is -3.13. The van der Waals surface area contributed by atoms with Crippen molar-refractivity contribution >= 4 is 17.5 Å². The number of fused-ring (bicyclic) bond motifs is 1. The Labute approximate surface area is 166 Å². The zero-order valence-electron chi connectivity index (χ0n) is 15.9. The normalized spacial score (nSPS) is 22.8. The molecule has 1 saturated carbocycles. The van der Waals surface area contributed by atoms with Crippen LogP contribution in [-0.4, -0.2) is 5.71 Å². The molecule has 1 aliphatic heterocycles. The number of hydrogen-bond donors (Lipinski definition) is 0. The van der Waals surface area contributed by atoms with Crippen molar-refractivity contribution in [3.05, 3.63) is 108 Å². The molecule has 1 heterocycles. The van der Waals surface area contributed by atoms with E-state index < -0.39 is 0 Å². The largest absolute Gasteiger partial charge is 0.257 e. The Morgan fingerprint density at radius 2 is 1.43 bits per heavy atom. The molecule has 138 valence electrons. The molecule has 0 unspecified atom stereocenters. The summed E-state index contributed by atoms with van der Waals surface area (Å²) in [6.45, 7) is 0. The van der Waals surface area contributed by atoms with Crippen molar-refractivity contribution < 1.29 is 0 Å². The summed E-state index contributed by atoms with van der Waals surface area (Å²) in [6, 6.07) is 32.3. The predicted octanol–water partition coefficient (Wildman–Crippen LogP) is 6.49. The van der Waals surface area contributed by atoms with Crippen LogP contribution >= 0.6 is 0 Å². The zero-order valence-corrected chi connectivity index (χ0v) is 15.9. The van der Waals surface area contributed by atoms with Gasteiger partial charge >= 0.3 is 0 Å². The highest BCUT2D eigenvalue weighted by Gasteiger charge is 2.41. The predicted molar refractivity (Wildman–Crippen MR) is 117 cm³/mol. The van der Waals surface area contributed by atoms with E-state index in [1.54, 1.807) is 0 Å². The van der Waals surface area contributed by atoms with Crippen molar-refractivity contribution in [1.29, 1.82) is 0 Å². The molecule has 0 bridgehead atoms. The molecule has 0 spiro atoms. The van der Waals surface area contributed by atoms with Gasteiger partial charge in [-0.25, -0.2) is 0 Å². The van der Waals surface area contributed by atoms with E-state index in [9.17, 15) is 0 Å². The zero-order chi connectivity index (χ0) is 18.8. The first-order valence-electron chi connectivity index (χ1n) is 10.1. The van der Waals surface area contributed by atoms with Gasteiger partial charge in [-0.2, -0.15) is 5.10 Å². The van der Waals surface area contributed by atoms with Crippen molar-refractivity contribution in [2.75, 3.05) is 5.01 Å². The second-order valence-corrected chi connectivity index (χ2v) is 7.60. The van der Waals surface area contributed by atoms with Crippen LogP contribution in [0.4, 0.5) is 5.69 Å².